The molecule has 1 aliphatic rings. The lowest BCUT2D eigenvalue weighted by Crippen LogP contribution is -2.39. The number of rotatable bonds is 6. The van der Waals surface area contributed by atoms with Gasteiger partial charge in [0.1, 0.15) is 5.75 Å². The molecule has 2 rings (SSSR count). The van der Waals surface area contributed by atoms with Crippen LogP contribution in [0.25, 0.3) is 0 Å². The maximum Gasteiger partial charge on any atom is 0.224 e. The maximum atomic E-state index is 12.2. The van der Waals surface area contributed by atoms with Crippen molar-refractivity contribution in [2.45, 2.75) is 43.9 Å². The van der Waals surface area contributed by atoms with E-state index in [4.69, 9.17) is 4.74 Å². The van der Waals surface area contributed by atoms with Crippen molar-refractivity contribution in [1.82, 2.24) is 5.32 Å². The van der Waals surface area contributed by atoms with Gasteiger partial charge in [-0.3, -0.25) is 4.79 Å². The molecular formula is C16H23NO2S. The number of nitrogens with one attached hydrogen (secondary N) is 1. The van der Waals surface area contributed by atoms with E-state index in [-0.39, 0.29) is 5.91 Å². The third-order valence-corrected chi connectivity index (χ3v) is 5.05. The Hall–Kier alpha value is -1.16. The number of hydrogen-bond donors (Lipinski definition) is 1. The highest BCUT2D eigenvalue weighted by molar-refractivity contribution is 7.99. The van der Waals surface area contributed by atoms with E-state index in [2.05, 4.69) is 12.2 Å². The molecule has 0 aliphatic heterocycles. The molecule has 0 aromatic heterocycles. The number of ether oxygens (including phenoxy) is 1. The molecule has 4 heteroatoms. The number of carbonyl (C=O) groups excluding carboxylic acids is 1. The molecule has 0 heterocycles. The van der Waals surface area contributed by atoms with Crippen LogP contribution in [0.4, 0.5) is 0 Å². The van der Waals surface area contributed by atoms with Crippen molar-refractivity contribution >= 4 is 17.7 Å². The van der Waals surface area contributed by atoms with Crippen LogP contribution >= 0.6 is 11.8 Å². The van der Waals surface area contributed by atoms with Gasteiger partial charge in [-0.15, -0.1) is 0 Å². The Bertz CT molecular complexity index is 450. The summed E-state index contributed by atoms with van der Waals surface area (Å²) in [6.45, 7) is 2.18. The predicted molar refractivity (Wildman–Crippen MR) is 84.4 cm³/mol. The van der Waals surface area contributed by atoms with Gasteiger partial charge in [0.15, 0.2) is 0 Å². The fraction of sp³-hybridized carbons (Fsp3) is 0.562. The highest BCUT2D eigenvalue weighted by atomic mass is 32.2. The van der Waals surface area contributed by atoms with Gasteiger partial charge in [-0.25, -0.2) is 0 Å². The molecule has 0 radical (unpaired) electrons. The molecule has 1 aliphatic carbocycles. The van der Waals surface area contributed by atoms with Crippen LogP contribution in [0.3, 0.4) is 0 Å². The van der Waals surface area contributed by atoms with E-state index in [1.807, 2.05) is 36.0 Å². The first-order valence-corrected chi connectivity index (χ1v) is 8.32. The maximum absolute atomic E-state index is 12.2. The summed E-state index contributed by atoms with van der Waals surface area (Å²) in [6.07, 6.45) is 3.94. The van der Waals surface area contributed by atoms with Gasteiger partial charge < -0.3 is 10.1 Å². The number of carbonyl (C=O) groups is 1. The summed E-state index contributed by atoms with van der Waals surface area (Å²) in [5, 5.41) is 3.78. The second-order valence-electron chi connectivity index (χ2n) is 5.09. The molecule has 0 saturated heterocycles. The van der Waals surface area contributed by atoms with E-state index in [1.165, 1.54) is 12.8 Å². The fourth-order valence-corrected chi connectivity index (χ4v) is 3.98. The minimum absolute atomic E-state index is 0.100. The topological polar surface area (TPSA) is 38.3 Å². The largest absolute Gasteiger partial charge is 0.496 e. The molecule has 3 nitrogen and oxygen atoms in total. The fourth-order valence-electron chi connectivity index (χ4n) is 2.78. The number of thioether (sulfide) groups is 1. The van der Waals surface area contributed by atoms with E-state index >= 15 is 0 Å². The predicted octanol–water partition coefficient (Wildman–Crippen LogP) is 3.03. The molecule has 1 aromatic rings. The Morgan fingerprint density at radius 3 is 2.95 bits per heavy atom. The highest BCUT2D eigenvalue weighted by Crippen LogP contribution is 2.30. The van der Waals surface area contributed by atoms with Crippen molar-refractivity contribution in [2.75, 3.05) is 12.9 Å². The number of amides is 1. The zero-order valence-corrected chi connectivity index (χ0v) is 13.0. The first-order chi connectivity index (χ1) is 9.74. The summed E-state index contributed by atoms with van der Waals surface area (Å²) in [7, 11) is 1.64. The molecule has 20 heavy (non-hydrogen) atoms. The van der Waals surface area contributed by atoms with Crippen LogP contribution in [-0.2, 0) is 11.2 Å². The van der Waals surface area contributed by atoms with Crippen molar-refractivity contribution < 1.29 is 9.53 Å². The van der Waals surface area contributed by atoms with Crippen LogP contribution in [0.2, 0.25) is 0 Å². The van der Waals surface area contributed by atoms with Crippen LogP contribution in [0.5, 0.6) is 5.75 Å². The average molecular weight is 293 g/mol. The molecular weight excluding hydrogens is 270 g/mol. The molecule has 1 amide bonds. The van der Waals surface area contributed by atoms with E-state index < -0.39 is 0 Å². The minimum Gasteiger partial charge on any atom is -0.496 e. The van der Waals surface area contributed by atoms with Crippen molar-refractivity contribution in [2.24, 2.45) is 0 Å². The van der Waals surface area contributed by atoms with Crippen molar-refractivity contribution in [3.05, 3.63) is 29.8 Å². The first kappa shape index (κ1) is 15.2. The molecule has 1 aromatic carbocycles. The lowest BCUT2D eigenvalue weighted by Gasteiger charge is -2.20. The van der Waals surface area contributed by atoms with Gasteiger partial charge in [0, 0.05) is 16.9 Å². The van der Waals surface area contributed by atoms with Crippen molar-refractivity contribution in [3.63, 3.8) is 0 Å². The normalized spacial score (nSPS) is 21.7. The SMILES string of the molecule is CCS[C@H]1CCC[C@@H]1NC(=O)Cc1ccccc1OC. The summed E-state index contributed by atoms with van der Waals surface area (Å²) >= 11 is 1.96. The molecule has 0 spiro atoms. The third-order valence-electron chi connectivity index (χ3n) is 3.72. The Balaban J connectivity index is 1.92. The number of methoxy groups -OCH3 is 1. The van der Waals surface area contributed by atoms with Crippen LogP contribution in [0.15, 0.2) is 24.3 Å². The Kier molecular flexibility index (Phi) is 5.77. The molecule has 1 fully saturated rings. The summed E-state index contributed by atoms with van der Waals surface area (Å²) in [5.41, 5.74) is 0.949. The molecule has 0 bridgehead atoms. The van der Waals surface area contributed by atoms with Crippen molar-refractivity contribution in [3.8, 4) is 5.75 Å². The van der Waals surface area contributed by atoms with Gasteiger partial charge in [-0.05, 0) is 24.7 Å². The Morgan fingerprint density at radius 2 is 2.20 bits per heavy atom. The number of para-hydroxylation sites is 1. The molecule has 110 valence electrons. The van der Waals surface area contributed by atoms with Gasteiger partial charge in [-0.2, -0.15) is 11.8 Å². The van der Waals surface area contributed by atoms with E-state index in [9.17, 15) is 4.79 Å². The second kappa shape index (κ2) is 7.58. The van der Waals surface area contributed by atoms with Gasteiger partial charge in [-0.1, -0.05) is 31.5 Å². The zero-order chi connectivity index (χ0) is 14.4. The van der Waals surface area contributed by atoms with Crippen LogP contribution in [0, 0.1) is 0 Å². The molecule has 1 saturated carbocycles. The standard InChI is InChI=1S/C16H23NO2S/c1-3-20-15-10-6-8-13(15)17-16(18)11-12-7-4-5-9-14(12)19-2/h4-5,7,9,13,15H,3,6,8,10-11H2,1-2H3,(H,17,18)/t13-,15-/m0/s1. The number of hydrogen-bond acceptors (Lipinski definition) is 3. The summed E-state index contributed by atoms with van der Waals surface area (Å²) in [6, 6.07) is 8.04. The highest BCUT2D eigenvalue weighted by Gasteiger charge is 2.28. The Morgan fingerprint density at radius 1 is 1.40 bits per heavy atom. The summed E-state index contributed by atoms with van der Waals surface area (Å²) < 4.78 is 5.29. The van der Waals surface area contributed by atoms with Gasteiger partial charge in [0.05, 0.1) is 13.5 Å². The third kappa shape index (κ3) is 3.92. The van der Waals surface area contributed by atoms with Crippen LogP contribution in [-0.4, -0.2) is 30.1 Å². The number of benzene rings is 1. The van der Waals surface area contributed by atoms with E-state index in [0.717, 1.165) is 23.5 Å². The van der Waals surface area contributed by atoms with Gasteiger partial charge >= 0.3 is 0 Å². The first-order valence-electron chi connectivity index (χ1n) is 7.27. The van der Waals surface area contributed by atoms with E-state index in [0.29, 0.717) is 17.7 Å². The van der Waals surface area contributed by atoms with Crippen molar-refractivity contribution in [1.29, 1.82) is 0 Å². The zero-order valence-electron chi connectivity index (χ0n) is 12.2. The van der Waals surface area contributed by atoms with E-state index in [1.54, 1.807) is 7.11 Å². The Labute approximate surface area is 125 Å². The lowest BCUT2D eigenvalue weighted by molar-refractivity contribution is -0.121. The van der Waals surface area contributed by atoms with Gasteiger partial charge in [0.2, 0.25) is 5.91 Å². The molecule has 1 N–H and O–H groups in total. The smallest absolute Gasteiger partial charge is 0.224 e. The monoisotopic (exact) mass is 293 g/mol. The average Bonchev–Trinajstić information content (AvgIpc) is 2.87. The summed E-state index contributed by atoms with van der Waals surface area (Å²) in [4.78, 5) is 12.2. The second-order valence-corrected chi connectivity index (χ2v) is 6.60. The quantitative estimate of drug-likeness (QED) is 0.876. The molecule has 2 atom stereocenters. The molecule has 0 unspecified atom stereocenters. The van der Waals surface area contributed by atoms with Crippen LogP contribution in [0.1, 0.15) is 31.7 Å². The van der Waals surface area contributed by atoms with Crippen LogP contribution < -0.4 is 10.1 Å². The van der Waals surface area contributed by atoms with Gasteiger partial charge in [0.25, 0.3) is 0 Å². The minimum atomic E-state index is 0.100. The summed E-state index contributed by atoms with van der Waals surface area (Å²) in [5.74, 6) is 2.00. The lowest BCUT2D eigenvalue weighted by atomic mass is 10.1.